The van der Waals surface area contributed by atoms with Crippen LogP contribution >= 0.6 is 0 Å². The minimum Gasteiger partial charge on any atom is -0.497 e. The molecule has 0 aliphatic heterocycles. The van der Waals surface area contributed by atoms with Crippen LogP contribution in [-0.2, 0) is 12.8 Å². The summed E-state index contributed by atoms with van der Waals surface area (Å²) >= 11 is 0. The first-order valence-corrected chi connectivity index (χ1v) is 16.9. The molecule has 0 saturated heterocycles. The van der Waals surface area contributed by atoms with Gasteiger partial charge in [0.15, 0.2) is 5.70 Å². The van der Waals surface area contributed by atoms with E-state index in [0.29, 0.717) is 28.9 Å². The fourth-order valence-electron chi connectivity index (χ4n) is 6.19. The number of nitrogens with zero attached hydrogens (tertiary/aromatic N) is 2. The summed E-state index contributed by atoms with van der Waals surface area (Å²) in [6.07, 6.45) is 17.7. The summed E-state index contributed by atoms with van der Waals surface area (Å²) in [4.78, 5) is 4.05. The van der Waals surface area contributed by atoms with Crippen LogP contribution in [0.1, 0.15) is 132 Å². The summed E-state index contributed by atoms with van der Waals surface area (Å²) in [7, 11) is 3.35. The molecule has 0 N–H and O–H groups in total. The fourth-order valence-corrected chi connectivity index (χ4v) is 6.19. The number of rotatable bonds is 19. The molecule has 4 heteroatoms. The van der Waals surface area contributed by atoms with Gasteiger partial charge in [0, 0.05) is 5.56 Å². The van der Waals surface area contributed by atoms with Crippen LogP contribution in [0.25, 0.3) is 22.2 Å². The Hall–Kier alpha value is -3.50. The molecular formula is C40H56N2O2. The highest BCUT2D eigenvalue weighted by Crippen LogP contribution is 2.37. The van der Waals surface area contributed by atoms with Crippen molar-refractivity contribution in [2.75, 3.05) is 14.2 Å². The molecule has 0 fully saturated rings. The Bertz CT molecular complexity index is 1340. The molecule has 0 aliphatic carbocycles. The fraction of sp³-hybridized carbons (Fsp3) is 0.550. The van der Waals surface area contributed by atoms with Crippen molar-refractivity contribution < 1.29 is 9.47 Å². The summed E-state index contributed by atoms with van der Waals surface area (Å²) in [5.74, 6) is 2.79. The van der Waals surface area contributed by atoms with Crippen LogP contribution in [0.5, 0.6) is 11.5 Å². The SMILES string of the molecule is [C-]#[N+]C(=Cc1cc(OC)c(C)cc1CCC(CC)CCCC)c1cc(CCC(CC)CCCC)c(C(C#N)=CC)cc1OC. The number of aryl methyl sites for hydroxylation is 3. The maximum absolute atomic E-state index is 9.95. The minimum atomic E-state index is 0.539. The van der Waals surface area contributed by atoms with E-state index < -0.39 is 0 Å². The third-order valence-electron chi connectivity index (χ3n) is 9.20. The first kappa shape index (κ1) is 36.7. The highest BCUT2D eigenvalue weighted by atomic mass is 16.5. The first-order valence-electron chi connectivity index (χ1n) is 16.9. The second-order valence-electron chi connectivity index (χ2n) is 12.1. The molecule has 0 spiro atoms. The van der Waals surface area contributed by atoms with Crippen LogP contribution in [0.2, 0.25) is 0 Å². The Morgan fingerprint density at radius 1 is 0.841 bits per heavy atom. The molecular weight excluding hydrogens is 540 g/mol. The Morgan fingerprint density at radius 3 is 1.91 bits per heavy atom. The van der Waals surface area contributed by atoms with E-state index in [1.165, 1.54) is 50.5 Å². The van der Waals surface area contributed by atoms with Gasteiger partial charge in [-0.15, -0.1) is 0 Å². The topological polar surface area (TPSA) is 46.6 Å². The van der Waals surface area contributed by atoms with Crippen LogP contribution in [0.3, 0.4) is 0 Å². The van der Waals surface area contributed by atoms with Gasteiger partial charge in [-0.05, 0) is 97.4 Å². The van der Waals surface area contributed by atoms with E-state index in [0.717, 1.165) is 65.7 Å². The molecule has 2 aromatic carbocycles. The number of ether oxygens (including phenoxy) is 2. The lowest BCUT2D eigenvalue weighted by Crippen LogP contribution is -2.05. The lowest BCUT2D eigenvalue weighted by atomic mass is 9.87. The molecule has 0 saturated carbocycles. The highest BCUT2D eigenvalue weighted by Gasteiger charge is 2.19. The molecule has 2 atom stereocenters. The van der Waals surface area contributed by atoms with Crippen molar-refractivity contribution in [3.63, 3.8) is 0 Å². The van der Waals surface area contributed by atoms with Gasteiger partial charge in [0.1, 0.15) is 11.5 Å². The van der Waals surface area contributed by atoms with Crippen molar-refractivity contribution in [1.29, 1.82) is 5.26 Å². The predicted molar refractivity (Wildman–Crippen MR) is 188 cm³/mol. The van der Waals surface area contributed by atoms with E-state index in [2.05, 4.69) is 63.7 Å². The Morgan fingerprint density at radius 2 is 1.43 bits per heavy atom. The number of allylic oxidation sites excluding steroid dienone is 2. The van der Waals surface area contributed by atoms with Gasteiger partial charge in [-0.3, -0.25) is 0 Å². The van der Waals surface area contributed by atoms with E-state index >= 15 is 0 Å². The van der Waals surface area contributed by atoms with Crippen molar-refractivity contribution >= 4 is 17.3 Å². The number of methoxy groups -OCH3 is 2. The Balaban J connectivity index is 2.66. The molecule has 0 heterocycles. The molecule has 238 valence electrons. The normalized spacial score (nSPS) is 13.2. The maximum atomic E-state index is 9.95. The van der Waals surface area contributed by atoms with Crippen molar-refractivity contribution in [2.24, 2.45) is 11.8 Å². The number of hydrogen-bond donors (Lipinski definition) is 0. The second kappa shape index (κ2) is 19.7. The van der Waals surface area contributed by atoms with Gasteiger partial charge in [-0.2, -0.15) is 5.26 Å². The molecule has 0 bridgehead atoms. The van der Waals surface area contributed by atoms with Gasteiger partial charge in [-0.25, -0.2) is 4.85 Å². The quantitative estimate of drug-likeness (QED) is 0.0920. The van der Waals surface area contributed by atoms with Crippen LogP contribution in [0.15, 0.2) is 30.3 Å². The largest absolute Gasteiger partial charge is 0.497 e. The third kappa shape index (κ3) is 10.3. The van der Waals surface area contributed by atoms with E-state index in [9.17, 15) is 5.26 Å². The molecule has 2 rings (SSSR count). The summed E-state index contributed by atoms with van der Waals surface area (Å²) in [6.45, 7) is 21.3. The molecule has 0 aromatic heterocycles. The average molecular weight is 597 g/mol. The zero-order valence-corrected chi connectivity index (χ0v) is 28.8. The van der Waals surface area contributed by atoms with Crippen LogP contribution in [0.4, 0.5) is 0 Å². The van der Waals surface area contributed by atoms with E-state index in [4.69, 9.17) is 16.0 Å². The monoisotopic (exact) mass is 596 g/mol. The molecule has 44 heavy (non-hydrogen) atoms. The van der Waals surface area contributed by atoms with Gasteiger partial charge in [-0.1, -0.05) is 97.3 Å². The second-order valence-corrected chi connectivity index (χ2v) is 12.1. The summed E-state index contributed by atoms with van der Waals surface area (Å²) in [5, 5.41) is 9.95. The zero-order valence-electron chi connectivity index (χ0n) is 28.8. The minimum absolute atomic E-state index is 0.539. The van der Waals surface area contributed by atoms with Gasteiger partial charge in [0.05, 0.1) is 32.4 Å². The highest BCUT2D eigenvalue weighted by molar-refractivity contribution is 5.90. The predicted octanol–water partition coefficient (Wildman–Crippen LogP) is 11.7. The average Bonchev–Trinajstić information content (AvgIpc) is 3.05. The summed E-state index contributed by atoms with van der Waals surface area (Å²) in [5.41, 5.74) is 7.33. The van der Waals surface area contributed by atoms with E-state index in [1.54, 1.807) is 14.2 Å². The summed E-state index contributed by atoms with van der Waals surface area (Å²) < 4.78 is 11.6. The van der Waals surface area contributed by atoms with Crippen LogP contribution in [0, 0.1) is 36.7 Å². The van der Waals surface area contributed by atoms with Crippen molar-refractivity contribution in [2.45, 2.75) is 119 Å². The van der Waals surface area contributed by atoms with Crippen molar-refractivity contribution in [3.05, 3.63) is 75.1 Å². The van der Waals surface area contributed by atoms with Gasteiger partial charge in [0.25, 0.3) is 0 Å². The lowest BCUT2D eigenvalue weighted by molar-refractivity contribution is 0.410. The molecule has 4 nitrogen and oxygen atoms in total. The maximum Gasteiger partial charge on any atom is 0.198 e. The smallest absolute Gasteiger partial charge is 0.198 e. The molecule has 2 aromatic rings. The van der Waals surface area contributed by atoms with Gasteiger partial charge < -0.3 is 9.47 Å². The summed E-state index contributed by atoms with van der Waals surface area (Å²) in [6, 6.07) is 10.8. The molecule has 0 radical (unpaired) electrons. The van der Waals surface area contributed by atoms with Gasteiger partial charge >= 0.3 is 0 Å². The Labute approximate surface area is 269 Å². The number of hydrogen-bond acceptors (Lipinski definition) is 3. The molecule has 0 amide bonds. The molecule has 0 aliphatic rings. The zero-order chi connectivity index (χ0) is 32.5. The van der Waals surface area contributed by atoms with Crippen molar-refractivity contribution in [3.8, 4) is 17.6 Å². The van der Waals surface area contributed by atoms with Crippen molar-refractivity contribution in [1.82, 2.24) is 0 Å². The third-order valence-corrected chi connectivity index (χ3v) is 9.20. The lowest BCUT2D eigenvalue weighted by Gasteiger charge is -2.19. The number of unbranched alkanes of at least 4 members (excludes halogenated alkanes) is 2. The van der Waals surface area contributed by atoms with Gasteiger partial charge in [0.2, 0.25) is 0 Å². The molecule has 2 unspecified atom stereocenters. The van der Waals surface area contributed by atoms with Crippen LogP contribution in [-0.4, -0.2) is 14.2 Å². The number of benzene rings is 2. The first-order chi connectivity index (χ1) is 21.3. The van der Waals surface area contributed by atoms with Crippen LogP contribution < -0.4 is 9.47 Å². The number of nitriles is 1. The van der Waals surface area contributed by atoms with E-state index in [1.807, 2.05) is 25.1 Å². The van der Waals surface area contributed by atoms with E-state index in [-0.39, 0.29) is 0 Å². The standard InChI is InChI=1S/C40H56N2O2/c1-10-15-17-30(12-3)19-21-33-23-29(6)39(43-8)26-35(33)25-38(42-7)37-24-34(22-20-31(13-4)18-16-11-2)36(27-40(37)44-9)32(14-5)28-41/h14,23-27,30-31H,10-13,15-22H2,1-6,8-9H3. The Kier molecular flexibility index (Phi) is 16.4.